The van der Waals surface area contributed by atoms with Crippen molar-refractivity contribution in [3.8, 4) is 0 Å². The largest absolute Gasteiger partial charge is 0.296 e. The Kier molecular flexibility index (Phi) is 8.33. The lowest BCUT2D eigenvalue weighted by atomic mass is 9.79. The van der Waals surface area contributed by atoms with Crippen molar-refractivity contribution in [3.63, 3.8) is 0 Å². The summed E-state index contributed by atoms with van der Waals surface area (Å²) in [5.41, 5.74) is 8.23. The van der Waals surface area contributed by atoms with Crippen LogP contribution in [0.3, 0.4) is 0 Å². The van der Waals surface area contributed by atoms with E-state index in [2.05, 4.69) is 42.4 Å². The number of carbonyl (C=O) groups excluding carboxylic acids is 1. The van der Waals surface area contributed by atoms with Crippen molar-refractivity contribution in [1.29, 1.82) is 0 Å². The molecule has 0 bridgehead atoms. The van der Waals surface area contributed by atoms with E-state index in [9.17, 15) is 4.79 Å². The van der Waals surface area contributed by atoms with Crippen LogP contribution in [0.5, 0.6) is 0 Å². The lowest BCUT2D eigenvalue weighted by Gasteiger charge is -2.37. The number of fused-ring (bicyclic) bond motifs is 1. The maximum atomic E-state index is 13.4. The Morgan fingerprint density at radius 1 is 1.13 bits per heavy atom. The van der Waals surface area contributed by atoms with Crippen LogP contribution in [-0.2, 0) is 12.8 Å². The smallest absolute Gasteiger partial charge is 0.167 e. The van der Waals surface area contributed by atoms with Gasteiger partial charge in [-0.05, 0) is 91.2 Å². The van der Waals surface area contributed by atoms with Crippen molar-refractivity contribution in [2.75, 3.05) is 18.6 Å². The molecule has 1 aromatic carbocycles. The van der Waals surface area contributed by atoms with Crippen LogP contribution in [0.4, 0.5) is 0 Å². The Morgan fingerprint density at radius 3 is 2.26 bits per heavy atom. The summed E-state index contributed by atoms with van der Waals surface area (Å²) in [6, 6.07) is 4.19. The van der Waals surface area contributed by atoms with Crippen LogP contribution in [0, 0.1) is 12.3 Å². The minimum atomic E-state index is -0.906. The third kappa shape index (κ3) is 5.68. The van der Waals surface area contributed by atoms with Gasteiger partial charge in [-0.3, -0.25) is 9.79 Å². The average molecular weight is 440 g/mol. The van der Waals surface area contributed by atoms with E-state index in [-0.39, 0.29) is 5.78 Å². The Morgan fingerprint density at radius 2 is 1.71 bits per heavy atom. The summed E-state index contributed by atoms with van der Waals surface area (Å²) in [5.74, 6) is 11.3. The number of rotatable bonds is 5. The number of carbonyl (C=O) groups is 1. The third-order valence-corrected chi connectivity index (χ3v) is 8.99. The molecule has 1 saturated heterocycles. The SMILES string of the molecule is C=C(C)/C(CC(=O)c1ccc(C)c2c1CC1(CCS(=C)(=C)CC1)C2)=C(/C)C=NC.CC. The standard InChI is InChI=1S/C26H35NOS.C2H6/c1-18(2)22(20(4)17-27-5)14-25(28)21-9-8-19(3)23-15-26(16-24(21)23)10-12-29(6,7)13-11-26;1-2/h8-9,17H,1,6-7,10-16H2,2-5H3;1-2H3/b22-20-,27-17?;. The normalized spacial score (nSPS) is 19.4. The van der Waals surface area contributed by atoms with Gasteiger partial charge in [-0.15, -0.1) is 0 Å². The van der Waals surface area contributed by atoms with Gasteiger partial charge < -0.3 is 0 Å². The zero-order valence-corrected chi connectivity index (χ0v) is 21.4. The molecule has 0 N–H and O–H groups in total. The Bertz CT molecular complexity index is 1010. The van der Waals surface area contributed by atoms with Crippen molar-refractivity contribution in [2.45, 2.75) is 66.7 Å². The molecule has 0 radical (unpaired) electrons. The zero-order chi connectivity index (χ0) is 23.4. The molecule has 2 aliphatic rings. The summed E-state index contributed by atoms with van der Waals surface area (Å²) in [6.45, 7) is 14.3. The second-order valence-electron chi connectivity index (χ2n) is 9.30. The van der Waals surface area contributed by atoms with E-state index in [1.807, 2.05) is 33.9 Å². The van der Waals surface area contributed by atoms with E-state index < -0.39 is 9.21 Å². The Labute approximate surface area is 191 Å². The van der Waals surface area contributed by atoms with Crippen LogP contribution in [0.15, 0.2) is 40.4 Å². The highest BCUT2D eigenvalue weighted by Gasteiger charge is 2.41. The first-order chi connectivity index (χ1) is 14.6. The van der Waals surface area contributed by atoms with E-state index in [1.165, 1.54) is 29.5 Å². The highest BCUT2D eigenvalue weighted by atomic mass is 32.2. The lowest BCUT2D eigenvalue weighted by Crippen LogP contribution is -2.28. The quantitative estimate of drug-likeness (QED) is 0.216. The van der Waals surface area contributed by atoms with Gasteiger partial charge in [0.2, 0.25) is 0 Å². The highest BCUT2D eigenvalue weighted by Crippen LogP contribution is 2.50. The lowest BCUT2D eigenvalue weighted by molar-refractivity contribution is 0.0992. The van der Waals surface area contributed by atoms with Gasteiger partial charge >= 0.3 is 0 Å². The molecule has 1 aliphatic heterocycles. The van der Waals surface area contributed by atoms with E-state index in [1.54, 1.807) is 7.05 Å². The summed E-state index contributed by atoms with van der Waals surface area (Å²) >= 11 is 0. The van der Waals surface area contributed by atoms with Crippen molar-refractivity contribution >= 4 is 32.9 Å². The number of ketones is 1. The molecule has 0 aromatic heterocycles. The molecule has 2 nitrogen and oxygen atoms in total. The number of allylic oxidation sites excluding steroid dienone is 3. The monoisotopic (exact) mass is 439 g/mol. The fraction of sp³-hybridized carbons (Fsp3) is 0.500. The number of benzene rings is 1. The molecule has 1 heterocycles. The Hall–Kier alpha value is -1.87. The van der Waals surface area contributed by atoms with E-state index in [0.29, 0.717) is 11.8 Å². The molecule has 1 aromatic rings. The first kappa shape index (κ1) is 25.4. The van der Waals surface area contributed by atoms with E-state index in [0.717, 1.165) is 46.6 Å². The maximum Gasteiger partial charge on any atom is 0.167 e. The summed E-state index contributed by atoms with van der Waals surface area (Å²) in [6.07, 6.45) is 6.73. The van der Waals surface area contributed by atoms with Crippen molar-refractivity contribution in [3.05, 3.63) is 57.7 Å². The van der Waals surface area contributed by atoms with Gasteiger partial charge in [0.1, 0.15) is 0 Å². The highest BCUT2D eigenvalue weighted by molar-refractivity contribution is 8.27. The predicted molar refractivity (Wildman–Crippen MR) is 144 cm³/mol. The van der Waals surface area contributed by atoms with Crippen molar-refractivity contribution in [2.24, 2.45) is 10.4 Å². The van der Waals surface area contributed by atoms with Crippen LogP contribution < -0.4 is 0 Å². The minimum Gasteiger partial charge on any atom is -0.296 e. The van der Waals surface area contributed by atoms with Gasteiger partial charge in [0.15, 0.2) is 5.78 Å². The number of nitrogens with zero attached hydrogens (tertiary/aromatic N) is 1. The summed E-state index contributed by atoms with van der Waals surface area (Å²) in [4.78, 5) is 17.5. The topological polar surface area (TPSA) is 29.4 Å². The zero-order valence-electron chi connectivity index (χ0n) is 20.6. The number of hydrogen-bond acceptors (Lipinski definition) is 2. The molecule has 1 fully saturated rings. The van der Waals surface area contributed by atoms with Gasteiger partial charge in [-0.1, -0.05) is 49.9 Å². The maximum absolute atomic E-state index is 13.4. The van der Waals surface area contributed by atoms with Gasteiger partial charge in [-0.25, -0.2) is 9.21 Å². The predicted octanol–water partition coefficient (Wildman–Crippen LogP) is 6.73. The molecule has 1 aliphatic carbocycles. The molecule has 0 amide bonds. The summed E-state index contributed by atoms with van der Waals surface area (Å²) in [5, 5.41) is 0. The number of hydrogen-bond donors (Lipinski definition) is 0. The van der Waals surface area contributed by atoms with Crippen molar-refractivity contribution < 1.29 is 4.79 Å². The molecule has 170 valence electrons. The molecule has 0 atom stereocenters. The van der Waals surface area contributed by atoms with Crippen LogP contribution in [0.25, 0.3) is 0 Å². The van der Waals surface area contributed by atoms with Gasteiger partial charge in [0, 0.05) is 25.2 Å². The van der Waals surface area contributed by atoms with E-state index in [4.69, 9.17) is 0 Å². The van der Waals surface area contributed by atoms with Gasteiger partial charge in [0.05, 0.1) is 0 Å². The minimum absolute atomic E-state index is 0.199. The number of aliphatic imine (C=N–C) groups is 1. The van der Waals surface area contributed by atoms with Crippen molar-refractivity contribution in [1.82, 2.24) is 0 Å². The molecule has 0 saturated carbocycles. The average Bonchev–Trinajstić information content (AvgIpc) is 3.11. The molecular weight excluding hydrogens is 398 g/mol. The first-order valence-corrected chi connectivity index (χ1v) is 13.8. The molecule has 3 rings (SSSR count). The summed E-state index contributed by atoms with van der Waals surface area (Å²) in [7, 11) is 0.850. The molecular formula is C28H41NOS. The fourth-order valence-corrected chi connectivity index (χ4v) is 6.87. The van der Waals surface area contributed by atoms with Crippen LogP contribution in [0.1, 0.15) is 74.0 Å². The second kappa shape index (κ2) is 10.2. The molecule has 3 heteroatoms. The molecule has 0 unspecified atom stereocenters. The first-order valence-electron chi connectivity index (χ1n) is 11.4. The van der Waals surface area contributed by atoms with Crippen LogP contribution in [-0.4, -0.2) is 42.3 Å². The Balaban J connectivity index is 0.00000166. The fourth-order valence-electron chi connectivity index (χ4n) is 4.93. The van der Waals surface area contributed by atoms with Gasteiger partial charge in [0.25, 0.3) is 0 Å². The second-order valence-corrected chi connectivity index (χ2v) is 12.6. The third-order valence-electron chi connectivity index (χ3n) is 6.85. The van der Waals surface area contributed by atoms with Gasteiger partial charge in [-0.2, -0.15) is 0 Å². The number of aryl methyl sites for hydroxylation is 1. The summed E-state index contributed by atoms with van der Waals surface area (Å²) < 4.78 is 0. The van der Waals surface area contributed by atoms with Crippen LogP contribution in [0.2, 0.25) is 0 Å². The number of Topliss-reactive ketones (excluding diaryl/α,β-unsaturated/α-hetero) is 1. The molecule has 1 spiro atoms. The molecule has 31 heavy (non-hydrogen) atoms. The van der Waals surface area contributed by atoms with E-state index >= 15 is 0 Å². The van der Waals surface area contributed by atoms with Crippen LogP contribution >= 0.6 is 9.21 Å².